The number of nitrogens with one attached hydrogen (secondary N) is 1. The molecule has 7 heteroatoms. The monoisotopic (exact) mass is 397 g/mol. The van der Waals surface area contributed by atoms with Crippen molar-refractivity contribution >= 4 is 23.5 Å². The smallest absolute Gasteiger partial charge is 0.305 e. The molecule has 0 saturated carbocycles. The number of benzene rings is 2. The van der Waals surface area contributed by atoms with Gasteiger partial charge in [-0.25, -0.2) is 4.68 Å². The molecule has 0 unspecified atom stereocenters. The zero-order valence-electron chi connectivity index (χ0n) is 15.4. The van der Waals surface area contributed by atoms with Crippen molar-refractivity contribution in [3.8, 4) is 16.9 Å². The number of rotatable bonds is 7. The van der Waals surface area contributed by atoms with Crippen LogP contribution in [0.4, 0.5) is 0 Å². The van der Waals surface area contributed by atoms with Gasteiger partial charge in [0.2, 0.25) is 0 Å². The molecule has 0 atom stereocenters. The molecule has 144 valence electrons. The van der Waals surface area contributed by atoms with Crippen LogP contribution in [0.5, 0.6) is 0 Å². The highest BCUT2D eigenvalue weighted by Gasteiger charge is 2.18. The van der Waals surface area contributed by atoms with Crippen LogP contribution >= 0.6 is 11.6 Å². The molecule has 0 fully saturated rings. The minimum Gasteiger partial charge on any atom is -0.469 e. The second kappa shape index (κ2) is 9.19. The van der Waals surface area contributed by atoms with Gasteiger partial charge in [0.1, 0.15) is 5.69 Å². The van der Waals surface area contributed by atoms with E-state index in [4.69, 9.17) is 11.6 Å². The molecule has 1 aromatic heterocycles. The number of nitrogens with zero attached hydrogens (tertiary/aromatic N) is 2. The van der Waals surface area contributed by atoms with Gasteiger partial charge in [0.05, 0.1) is 18.4 Å². The largest absolute Gasteiger partial charge is 0.469 e. The quantitative estimate of drug-likeness (QED) is 0.485. The Morgan fingerprint density at radius 1 is 1.11 bits per heavy atom. The van der Waals surface area contributed by atoms with Crippen LogP contribution in [-0.2, 0) is 9.53 Å². The van der Waals surface area contributed by atoms with E-state index in [0.717, 1.165) is 11.3 Å². The molecule has 0 aliphatic carbocycles. The van der Waals surface area contributed by atoms with E-state index >= 15 is 0 Å². The van der Waals surface area contributed by atoms with Crippen LogP contribution in [0.1, 0.15) is 23.2 Å². The summed E-state index contributed by atoms with van der Waals surface area (Å²) in [5.41, 5.74) is 2.65. The van der Waals surface area contributed by atoms with Crippen molar-refractivity contribution < 1.29 is 14.3 Å². The van der Waals surface area contributed by atoms with E-state index in [2.05, 4.69) is 15.2 Å². The van der Waals surface area contributed by atoms with Crippen molar-refractivity contribution in [1.29, 1.82) is 0 Å². The molecular weight excluding hydrogens is 378 g/mol. The first kappa shape index (κ1) is 19.6. The molecule has 0 bridgehead atoms. The van der Waals surface area contributed by atoms with E-state index in [1.165, 1.54) is 7.11 Å². The van der Waals surface area contributed by atoms with Crippen molar-refractivity contribution in [2.45, 2.75) is 12.8 Å². The molecule has 1 heterocycles. The van der Waals surface area contributed by atoms with Crippen molar-refractivity contribution in [2.75, 3.05) is 13.7 Å². The standard InChI is InChI=1S/C21H20ClN3O3/c1-28-19(26)8-5-13-23-21(27)18-14-25(17-6-3-2-4-7-17)24-20(18)15-9-11-16(22)12-10-15/h2-4,6-7,9-12,14H,5,8,13H2,1H3,(H,23,27). The number of esters is 1. The molecule has 0 aliphatic heterocycles. The van der Waals surface area contributed by atoms with Crippen molar-refractivity contribution in [2.24, 2.45) is 0 Å². The van der Waals surface area contributed by atoms with Gasteiger partial charge < -0.3 is 10.1 Å². The highest BCUT2D eigenvalue weighted by molar-refractivity contribution is 6.30. The normalized spacial score (nSPS) is 10.5. The first-order valence-corrected chi connectivity index (χ1v) is 9.22. The van der Waals surface area contributed by atoms with Crippen molar-refractivity contribution in [1.82, 2.24) is 15.1 Å². The number of aromatic nitrogens is 2. The lowest BCUT2D eigenvalue weighted by Gasteiger charge is -2.05. The van der Waals surface area contributed by atoms with E-state index < -0.39 is 0 Å². The van der Waals surface area contributed by atoms with Crippen LogP contribution in [0.3, 0.4) is 0 Å². The van der Waals surface area contributed by atoms with E-state index in [-0.39, 0.29) is 18.3 Å². The summed E-state index contributed by atoms with van der Waals surface area (Å²) in [6.45, 7) is 0.366. The van der Waals surface area contributed by atoms with E-state index in [1.54, 1.807) is 23.0 Å². The second-order valence-electron chi connectivity index (χ2n) is 6.11. The first-order chi connectivity index (χ1) is 13.6. The van der Waals surface area contributed by atoms with Gasteiger partial charge in [0.25, 0.3) is 5.91 Å². The maximum absolute atomic E-state index is 12.8. The maximum atomic E-state index is 12.8. The summed E-state index contributed by atoms with van der Waals surface area (Å²) in [4.78, 5) is 24.0. The minimum atomic E-state index is -0.298. The third-order valence-corrected chi connectivity index (χ3v) is 4.42. The second-order valence-corrected chi connectivity index (χ2v) is 6.55. The van der Waals surface area contributed by atoms with E-state index in [9.17, 15) is 9.59 Å². The Bertz CT molecular complexity index is 953. The Morgan fingerprint density at radius 2 is 1.82 bits per heavy atom. The predicted octanol–water partition coefficient (Wildman–Crippen LogP) is 3.88. The fraction of sp³-hybridized carbons (Fsp3) is 0.190. The number of amides is 1. The summed E-state index contributed by atoms with van der Waals surface area (Å²) in [5.74, 6) is -0.551. The molecule has 6 nitrogen and oxygen atoms in total. The lowest BCUT2D eigenvalue weighted by atomic mass is 10.1. The van der Waals surface area contributed by atoms with E-state index in [0.29, 0.717) is 29.2 Å². The number of ether oxygens (including phenoxy) is 1. The van der Waals surface area contributed by atoms with Crippen molar-refractivity contribution in [3.05, 3.63) is 71.4 Å². The Morgan fingerprint density at radius 3 is 2.50 bits per heavy atom. The molecule has 0 aliphatic rings. The van der Waals surface area contributed by atoms with Gasteiger partial charge in [-0.1, -0.05) is 41.9 Å². The highest BCUT2D eigenvalue weighted by Crippen LogP contribution is 2.25. The van der Waals surface area contributed by atoms with Crippen LogP contribution in [-0.4, -0.2) is 35.3 Å². The number of hydrogen-bond acceptors (Lipinski definition) is 4. The number of carbonyl (C=O) groups is 2. The number of hydrogen-bond donors (Lipinski definition) is 1. The number of halogens is 1. The van der Waals surface area contributed by atoms with Gasteiger partial charge in [0.15, 0.2) is 0 Å². The van der Waals surface area contributed by atoms with Crippen molar-refractivity contribution in [3.63, 3.8) is 0 Å². The average molecular weight is 398 g/mol. The van der Waals surface area contributed by atoms with Crippen LogP contribution in [0.2, 0.25) is 5.02 Å². The average Bonchev–Trinajstić information content (AvgIpc) is 3.17. The van der Waals surface area contributed by atoms with Gasteiger partial charge in [-0.3, -0.25) is 9.59 Å². The molecule has 0 spiro atoms. The topological polar surface area (TPSA) is 73.2 Å². The molecule has 3 aromatic rings. The van der Waals surface area contributed by atoms with Gasteiger partial charge in [-0.2, -0.15) is 5.10 Å². The molecule has 0 radical (unpaired) electrons. The van der Waals surface area contributed by atoms with Gasteiger partial charge in [-0.05, 0) is 30.7 Å². The number of methoxy groups -OCH3 is 1. The zero-order chi connectivity index (χ0) is 19.9. The SMILES string of the molecule is COC(=O)CCCNC(=O)c1cn(-c2ccccc2)nc1-c1ccc(Cl)cc1. The third-order valence-electron chi connectivity index (χ3n) is 4.17. The van der Waals surface area contributed by atoms with Gasteiger partial charge in [0, 0.05) is 29.7 Å². The molecular formula is C21H20ClN3O3. The van der Waals surface area contributed by atoms with Gasteiger partial charge in [-0.15, -0.1) is 0 Å². The molecule has 1 N–H and O–H groups in total. The third kappa shape index (κ3) is 4.78. The fourth-order valence-corrected chi connectivity index (χ4v) is 2.83. The molecule has 1 amide bonds. The Balaban J connectivity index is 1.85. The van der Waals surface area contributed by atoms with Gasteiger partial charge >= 0.3 is 5.97 Å². The predicted molar refractivity (Wildman–Crippen MR) is 108 cm³/mol. The Hall–Kier alpha value is -3.12. The summed E-state index contributed by atoms with van der Waals surface area (Å²) in [7, 11) is 1.34. The minimum absolute atomic E-state index is 0.253. The van der Waals surface area contributed by atoms with E-state index in [1.807, 2.05) is 42.5 Å². The molecule has 3 rings (SSSR count). The zero-order valence-corrected chi connectivity index (χ0v) is 16.1. The fourth-order valence-electron chi connectivity index (χ4n) is 2.71. The van der Waals surface area contributed by atoms with Crippen LogP contribution < -0.4 is 5.32 Å². The van der Waals surface area contributed by atoms with Crippen LogP contribution in [0.25, 0.3) is 16.9 Å². The lowest BCUT2D eigenvalue weighted by Crippen LogP contribution is -2.25. The highest BCUT2D eigenvalue weighted by atomic mass is 35.5. The summed E-state index contributed by atoms with van der Waals surface area (Å²) in [5, 5.41) is 8.06. The Labute approximate surface area is 168 Å². The summed E-state index contributed by atoms with van der Waals surface area (Å²) in [6, 6.07) is 16.7. The molecule has 2 aromatic carbocycles. The summed E-state index contributed by atoms with van der Waals surface area (Å²) < 4.78 is 6.28. The Kier molecular flexibility index (Phi) is 6.45. The number of para-hydroxylation sites is 1. The first-order valence-electron chi connectivity index (χ1n) is 8.84. The molecule has 0 saturated heterocycles. The number of carbonyl (C=O) groups excluding carboxylic acids is 2. The lowest BCUT2D eigenvalue weighted by molar-refractivity contribution is -0.140. The molecule has 28 heavy (non-hydrogen) atoms. The summed E-state index contributed by atoms with van der Waals surface area (Å²) >= 11 is 5.98. The summed E-state index contributed by atoms with van der Waals surface area (Å²) in [6.07, 6.45) is 2.46. The maximum Gasteiger partial charge on any atom is 0.305 e. The van der Waals surface area contributed by atoms with Crippen LogP contribution in [0.15, 0.2) is 60.8 Å². The van der Waals surface area contributed by atoms with Crippen LogP contribution in [0, 0.1) is 0 Å².